The van der Waals surface area contributed by atoms with Crippen molar-refractivity contribution in [2.75, 3.05) is 20.1 Å². The highest BCUT2D eigenvalue weighted by molar-refractivity contribution is 5.73. The SMILES string of the molecule is CNC(=O)N1CCC(C2CCCCC2)CC1. The van der Waals surface area contributed by atoms with Crippen LogP contribution in [0.3, 0.4) is 0 Å². The third-order valence-electron chi connectivity index (χ3n) is 4.36. The summed E-state index contributed by atoms with van der Waals surface area (Å²) in [6.45, 7) is 1.92. The molecular formula is C13H24N2O. The molecule has 0 radical (unpaired) electrons. The summed E-state index contributed by atoms with van der Waals surface area (Å²) < 4.78 is 0. The molecule has 2 fully saturated rings. The molecule has 1 heterocycles. The van der Waals surface area contributed by atoms with Gasteiger partial charge in [-0.25, -0.2) is 4.79 Å². The Kier molecular flexibility index (Phi) is 4.08. The largest absolute Gasteiger partial charge is 0.341 e. The predicted molar refractivity (Wildman–Crippen MR) is 65.3 cm³/mol. The van der Waals surface area contributed by atoms with Crippen molar-refractivity contribution in [3.05, 3.63) is 0 Å². The number of amides is 2. The molecule has 3 heteroatoms. The van der Waals surface area contributed by atoms with Crippen molar-refractivity contribution in [3.8, 4) is 0 Å². The van der Waals surface area contributed by atoms with E-state index in [0.29, 0.717) is 0 Å². The van der Waals surface area contributed by atoms with Crippen LogP contribution in [0.15, 0.2) is 0 Å². The van der Waals surface area contributed by atoms with E-state index in [9.17, 15) is 4.79 Å². The van der Waals surface area contributed by atoms with Crippen LogP contribution < -0.4 is 5.32 Å². The third-order valence-corrected chi connectivity index (χ3v) is 4.36. The van der Waals surface area contributed by atoms with Gasteiger partial charge < -0.3 is 10.2 Å². The van der Waals surface area contributed by atoms with Gasteiger partial charge in [0.25, 0.3) is 0 Å². The molecule has 0 atom stereocenters. The maximum Gasteiger partial charge on any atom is 0.317 e. The van der Waals surface area contributed by atoms with E-state index >= 15 is 0 Å². The number of carbonyl (C=O) groups excluding carboxylic acids is 1. The molecule has 1 N–H and O–H groups in total. The Balaban J connectivity index is 1.78. The molecular weight excluding hydrogens is 200 g/mol. The van der Waals surface area contributed by atoms with Gasteiger partial charge in [-0.05, 0) is 24.7 Å². The summed E-state index contributed by atoms with van der Waals surface area (Å²) >= 11 is 0. The normalized spacial score (nSPS) is 24.4. The average molecular weight is 224 g/mol. The second-order valence-electron chi connectivity index (χ2n) is 5.28. The second kappa shape index (κ2) is 5.55. The summed E-state index contributed by atoms with van der Waals surface area (Å²) in [7, 11) is 1.72. The molecule has 3 nitrogen and oxygen atoms in total. The number of urea groups is 1. The minimum absolute atomic E-state index is 0.0992. The van der Waals surface area contributed by atoms with Gasteiger partial charge in [0.2, 0.25) is 0 Å². The minimum atomic E-state index is 0.0992. The molecule has 2 amide bonds. The molecule has 2 rings (SSSR count). The topological polar surface area (TPSA) is 32.3 Å². The predicted octanol–water partition coefficient (Wildman–Crippen LogP) is 2.62. The van der Waals surface area contributed by atoms with E-state index in [1.54, 1.807) is 7.05 Å². The molecule has 1 saturated heterocycles. The Labute approximate surface area is 98.6 Å². The fourth-order valence-corrected chi connectivity index (χ4v) is 3.34. The van der Waals surface area contributed by atoms with Crippen LogP contribution in [0.4, 0.5) is 4.79 Å². The quantitative estimate of drug-likeness (QED) is 0.729. The lowest BCUT2D eigenvalue weighted by atomic mass is 9.76. The first-order chi connectivity index (χ1) is 7.81. The highest BCUT2D eigenvalue weighted by Crippen LogP contribution is 2.35. The molecule has 1 saturated carbocycles. The van der Waals surface area contributed by atoms with Crippen molar-refractivity contribution in [3.63, 3.8) is 0 Å². The summed E-state index contributed by atoms with van der Waals surface area (Å²) in [4.78, 5) is 13.4. The first kappa shape index (κ1) is 11.7. The van der Waals surface area contributed by atoms with Crippen LogP contribution in [0, 0.1) is 11.8 Å². The first-order valence-electron chi connectivity index (χ1n) is 6.78. The highest BCUT2D eigenvalue weighted by Gasteiger charge is 2.28. The maximum absolute atomic E-state index is 11.5. The molecule has 0 aromatic heterocycles. The monoisotopic (exact) mass is 224 g/mol. The number of piperidine rings is 1. The number of hydrogen-bond donors (Lipinski definition) is 1. The fraction of sp³-hybridized carbons (Fsp3) is 0.923. The molecule has 1 aliphatic carbocycles. The Morgan fingerprint density at radius 2 is 1.56 bits per heavy atom. The molecule has 92 valence electrons. The van der Waals surface area contributed by atoms with Crippen LogP contribution in [0.2, 0.25) is 0 Å². The highest BCUT2D eigenvalue weighted by atomic mass is 16.2. The zero-order chi connectivity index (χ0) is 11.4. The number of nitrogens with one attached hydrogen (secondary N) is 1. The van der Waals surface area contributed by atoms with Crippen LogP contribution in [-0.4, -0.2) is 31.1 Å². The van der Waals surface area contributed by atoms with E-state index in [0.717, 1.165) is 24.9 Å². The van der Waals surface area contributed by atoms with Crippen molar-refractivity contribution in [1.29, 1.82) is 0 Å². The molecule has 0 aromatic rings. The van der Waals surface area contributed by atoms with E-state index in [2.05, 4.69) is 5.32 Å². The Hall–Kier alpha value is -0.730. The summed E-state index contributed by atoms with van der Waals surface area (Å²) in [5.41, 5.74) is 0. The van der Waals surface area contributed by atoms with Gasteiger partial charge in [-0.2, -0.15) is 0 Å². The van der Waals surface area contributed by atoms with Crippen molar-refractivity contribution >= 4 is 6.03 Å². The van der Waals surface area contributed by atoms with Gasteiger partial charge in [0.15, 0.2) is 0 Å². The Morgan fingerprint density at radius 3 is 2.12 bits per heavy atom. The number of likely N-dealkylation sites (tertiary alicyclic amines) is 1. The molecule has 0 spiro atoms. The van der Waals surface area contributed by atoms with E-state index in [-0.39, 0.29) is 6.03 Å². The van der Waals surface area contributed by atoms with E-state index in [4.69, 9.17) is 0 Å². The Morgan fingerprint density at radius 1 is 1.00 bits per heavy atom. The third kappa shape index (κ3) is 2.69. The Bertz CT molecular complexity index is 228. The number of carbonyl (C=O) groups is 1. The smallest absolute Gasteiger partial charge is 0.317 e. The van der Waals surface area contributed by atoms with Crippen LogP contribution in [0.5, 0.6) is 0 Å². The molecule has 16 heavy (non-hydrogen) atoms. The molecule has 0 unspecified atom stereocenters. The summed E-state index contributed by atoms with van der Waals surface area (Å²) in [5, 5.41) is 2.72. The van der Waals surface area contributed by atoms with Gasteiger partial charge in [0, 0.05) is 20.1 Å². The molecule has 0 bridgehead atoms. The first-order valence-corrected chi connectivity index (χ1v) is 6.78. The van der Waals surface area contributed by atoms with Crippen molar-refractivity contribution in [1.82, 2.24) is 10.2 Å². The summed E-state index contributed by atoms with van der Waals surface area (Å²) in [6.07, 6.45) is 9.61. The van der Waals surface area contributed by atoms with Crippen LogP contribution in [-0.2, 0) is 0 Å². The second-order valence-corrected chi connectivity index (χ2v) is 5.28. The average Bonchev–Trinajstić information content (AvgIpc) is 2.39. The van der Waals surface area contributed by atoms with Gasteiger partial charge in [-0.15, -0.1) is 0 Å². The zero-order valence-electron chi connectivity index (χ0n) is 10.4. The van der Waals surface area contributed by atoms with E-state index in [1.807, 2.05) is 4.90 Å². The van der Waals surface area contributed by atoms with Crippen molar-refractivity contribution in [2.24, 2.45) is 11.8 Å². The van der Waals surface area contributed by atoms with E-state index < -0.39 is 0 Å². The van der Waals surface area contributed by atoms with Gasteiger partial charge in [-0.1, -0.05) is 32.1 Å². The van der Waals surface area contributed by atoms with Gasteiger partial charge in [0.1, 0.15) is 0 Å². The summed E-state index contributed by atoms with van der Waals surface area (Å²) in [5.74, 6) is 1.85. The number of nitrogens with zero attached hydrogens (tertiary/aromatic N) is 1. The maximum atomic E-state index is 11.5. The number of rotatable bonds is 1. The lowest BCUT2D eigenvalue weighted by Crippen LogP contribution is -2.44. The van der Waals surface area contributed by atoms with Crippen molar-refractivity contribution in [2.45, 2.75) is 44.9 Å². The summed E-state index contributed by atoms with van der Waals surface area (Å²) in [6, 6.07) is 0.0992. The molecule has 0 aromatic carbocycles. The molecule has 2 aliphatic rings. The zero-order valence-corrected chi connectivity index (χ0v) is 10.4. The fourth-order valence-electron chi connectivity index (χ4n) is 3.34. The standard InChI is InChI=1S/C13H24N2O/c1-14-13(16)15-9-7-12(8-10-15)11-5-3-2-4-6-11/h11-12H,2-10H2,1H3,(H,14,16). The van der Waals surface area contributed by atoms with Gasteiger partial charge in [-0.3, -0.25) is 0 Å². The van der Waals surface area contributed by atoms with Crippen LogP contribution in [0.25, 0.3) is 0 Å². The van der Waals surface area contributed by atoms with Gasteiger partial charge in [0.05, 0.1) is 0 Å². The van der Waals surface area contributed by atoms with Crippen LogP contribution >= 0.6 is 0 Å². The van der Waals surface area contributed by atoms with Crippen LogP contribution in [0.1, 0.15) is 44.9 Å². The molecule has 1 aliphatic heterocycles. The van der Waals surface area contributed by atoms with Crippen molar-refractivity contribution < 1.29 is 4.79 Å². The number of hydrogen-bond acceptors (Lipinski definition) is 1. The van der Waals surface area contributed by atoms with Gasteiger partial charge >= 0.3 is 6.03 Å². The minimum Gasteiger partial charge on any atom is -0.341 e. The lowest BCUT2D eigenvalue weighted by Gasteiger charge is -2.37. The van der Waals surface area contributed by atoms with E-state index in [1.165, 1.54) is 44.9 Å². The lowest BCUT2D eigenvalue weighted by molar-refractivity contribution is 0.135.